The van der Waals surface area contributed by atoms with Gasteiger partial charge in [0.05, 0.1) is 13.3 Å². The Bertz CT molecular complexity index is 811. The lowest BCUT2D eigenvalue weighted by atomic mass is 10.1. The maximum absolute atomic E-state index is 13.1. The summed E-state index contributed by atoms with van der Waals surface area (Å²) in [4.78, 5) is 12.5. The number of amides is 1. The van der Waals surface area contributed by atoms with Crippen molar-refractivity contribution in [1.82, 2.24) is 10.6 Å². The number of carbonyl (C=O) groups is 1. The monoisotopic (exact) mass is 443 g/mol. The van der Waals surface area contributed by atoms with Gasteiger partial charge in [0, 0.05) is 18.7 Å². The normalized spacial score (nSPS) is 11.3. The van der Waals surface area contributed by atoms with Crippen LogP contribution in [0.25, 0.3) is 0 Å². The van der Waals surface area contributed by atoms with Crippen molar-refractivity contribution < 1.29 is 26.7 Å². The maximum atomic E-state index is 13.1. The second-order valence-corrected chi connectivity index (χ2v) is 5.96. The van der Waals surface area contributed by atoms with Gasteiger partial charge in [0.2, 0.25) is 0 Å². The molecule has 0 radical (unpaired) electrons. The van der Waals surface area contributed by atoms with Crippen LogP contribution in [0.3, 0.4) is 0 Å². The molecule has 9 heteroatoms. The Labute approximate surface area is 179 Å². The Morgan fingerprint density at radius 2 is 1.84 bits per heavy atom. The Morgan fingerprint density at radius 1 is 1.23 bits per heavy atom. The van der Waals surface area contributed by atoms with Crippen LogP contribution in [0.5, 0.6) is 0 Å². The van der Waals surface area contributed by atoms with E-state index in [0.717, 1.165) is 24.1 Å². The molecular weight excluding hydrogens is 417 g/mol. The summed E-state index contributed by atoms with van der Waals surface area (Å²) in [5.41, 5.74) is 1.99. The summed E-state index contributed by atoms with van der Waals surface area (Å²) in [5, 5.41) is 5.95. The molecule has 31 heavy (non-hydrogen) atoms. The average molecular weight is 443 g/mol. The van der Waals surface area contributed by atoms with Crippen molar-refractivity contribution in [3.63, 3.8) is 0 Å². The van der Waals surface area contributed by atoms with Crippen LogP contribution in [0.15, 0.2) is 65.6 Å². The smallest absolute Gasteiger partial charge is 0.304 e. The van der Waals surface area contributed by atoms with E-state index in [1.807, 2.05) is 19.1 Å². The molecule has 1 aromatic carbocycles. The largest absolute Gasteiger partial charge is 0.376 e. The van der Waals surface area contributed by atoms with Crippen molar-refractivity contribution in [2.45, 2.75) is 26.3 Å². The summed E-state index contributed by atoms with van der Waals surface area (Å²) in [6.07, 6.45) is 6.37. The van der Waals surface area contributed by atoms with E-state index >= 15 is 0 Å². The first-order valence-corrected chi connectivity index (χ1v) is 9.21. The number of benzene rings is 1. The summed E-state index contributed by atoms with van der Waals surface area (Å²) in [5.74, 6) is -6.00. The molecule has 0 spiro atoms. The predicted octanol–water partition coefficient (Wildman–Crippen LogP) is 5.20. The van der Waals surface area contributed by atoms with Crippen LogP contribution in [0.4, 0.5) is 22.0 Å². The molecule has 0 aromatic heterocycles. The molecule has 1 amide bonds. The Balaban J connectivity index is 0.00000110. The molecule has 1 rings (SSSR count). The zero-order valence-corrected chi connectivity index (χ0v) is 17.3. The Hall–Kier alpha value is -3.07. The number of nitrogens with one attached hydrogen (secondary N) is 2. The predicted molar refractivity (Wildman–Crippen MR) is 113 cm³/mol. The number of hydrogen-bond acceptors (Lipinski definition) is 3. The van der Waals surface area contributed by atoms with Crippen LogP contribution in [-0.2, 0) is 11.3 Å². The highest BCUT2D eigenvalue weighted by atomic mass is 19.2. The molecule has 0 aliphatic heterocycles. The van der Waals surface area contributed by atoms with E-state index in [1.165, 1.54) is 0 Å². The molecule has 0 aliphatic rings. The van der Waals surface area contributed by atoms with Gasteiger partial charge in [-0.05, 0) is 42.5 Å². The Kier molecular flexibility index (Phi) is 14.2. The fourth-order valence-electron chi connectivity index (χ4n) is 2.14. The molecule has 0 saturated carbocycles. The van der Waals surface area contributed by atoms with E-state index in [1.54, 1.807) is 6.08 Å². The van der Waals surface area contributed by atoms with Crippen molar-refractivity contribution >= 4 is 12.6 Å². The lowest BCUT2D eigenvalue weighted by Gasteiger charge is -2.12. The number of carbonyl (C=O) groups excluding carboxylic acids is 1. The summed E-state index contributed by atoms with van der Waals surface area (Å²) in [6.45, 7) is 11.0. The van der Waals surface area contributed by atoms with Crippen LogP contribution >= 0.6 is 0 Å². The van der Waals surface area contributed by atoms with E-state index in [2.05, 4.69) is 35.5 Å². The molecule has 2 N–H and O–H groups in total. The van der Waals surface area contributed by atoms with Gasteiger partial charge in [-0.1, -0.05) is 32.2 Å². The fraction of sp³-hybridized carbons (Fsp3) is 0.273. The molecule has 0 fully saturated rings. The third kappa shape index (κ3) is 11.6. The van der Waals surface area contributed by atoms with Gasteiger partial charge in [-0.3, -0.25) is 14.5 Å². The standard InChI is InChI=1S/C18H22F4N2.C4H4FNO/c1-3-5-13(4-2)8-15(6-7-19)24-12-23-11-14-9-16(20)18(22)17(21)10-14;1-3(5)4(7)6-2/h3,5,8-10,23-24H,1,4,6-7,11-12H2,2H3;1-2H2/b13-5-,15-8+;. The second-order valence-electron chi connectivity index (χ2n) is 5.96. The zero-order valence-electron chi connectivity index (χ0n) is 17.3. The minimum Gasteiger partial charge on any atom is -0.376 e. The molecular formula is C22H26F5N3O. The van der Waals surface area contributed by atoms with Gasteiger partial charge in [0.25, 0.3) is 0 Å². The first-order valence-electron chi connectivity index (χ1n) is 9.21. The quantitative estimate of drug-likeness (QED) is 0.0940. The minimum absolute atomic E-state index is 0.146. The third-order valence-electron chi connectivity index (χ3n) is 3.65. The van der Waals surface area contributed by atoms with E-state index < -0.39 is 35.9 Å². The number of aliphatic imine (C=N–C) groups is 1. The average Bonchev–Trinajstić information content (AvgIpc) is 2.74. The summed E-state index contributed by atoms with van der Waals surface area (Å²) < 4.78 is 63.1. The molecule has 0 unspecified atom stereocenters. The number of rotatable bonds is 11. The van der Waals surface area contributed by atoms with Gasteiger partial charge >= 0.3 is 5.91 Å². The van der Waals surface area contributed by atoms with Crippen LogP contribution in [0.1, 0.15) is 25.3 Å². The van der Waals surface area contributed by atoms with Crippen LogP contribution < -0.4 is 10.6 Å². The van der Waals surface area contributed by atoms with Gasteiger partial charge in [-0.25, -0.2) is 22.6 Å². The van der Waals surface area contributed by atoms with E-state index in [0.29, 0.717) is 5.70 Å². The highest BCUT2D eigenvalue weighted by Gasteiger charge is 2.10. The third-order valence-corrected chi connectivity index (χ3v) is 3.65. The second kappa shape index (κ2) is 15.7. The number of hydrogen-bond donors (Lipinski definition) is 2. The number of alkyl halides is 1. The first kappa shape index (κ1) is 27.9. The summed E-state index contributed by atoms with van der Waals surface area (Å²) in [7, 11) is 0. The van der Waals surface area contributed by atoms with E-state index in [4.69, 9.17) is 0 Å². The molecule has 170 valence electrons. The van der Waals surface area contributed by atoms with Gasteiger partial charge in [0.1, 0.15) is 0 Å². The molecule has 1 aromatic rings. The molecule has 0 atom stereocenters. The maximum Gasteiger partial charge on any atom is 0.304 e. The minimum atomic E-state index is -1.48. The summed E-state index contributed by atoms with van der Waals surface area (Å²) >= 11 is 0. The van der Waals surface area contributed by atoms with Crippen molar-refractivity contribution in [3.8, 4) is 0 Å². The SMILES string of the molecule is C=C/C=C(\C=C(/CCF)NCNCc1cc(F)c(F)c(F)c1)CC.C=NC(=O)C(=C)F. The van der Waals surface area contributed by atoms with Crippen molar-refractivity contribution in [2.24, 2.45) is 4.99 Å². The van der Waals surface area contributed by atoms with Crippen LogP contribution in [0, 0.1) is 17.5 Å². The Morgan fingerprint density at radius 3 is 2.26 bits per heavy atom. The first-order chi connectivity index (χ1) is 14.7. The molecule has 0 aliphatic carbocycles. The highest BCUT2D eigenvalue weighted by molar-refractivity contribution is 5.93. The molecule has 0 heterocycles. The lowest BCUT2D eigenvalue weighted by Crippen LogP contribution is -2.28. The molecule has 0 bridgehead atoms. The number of allylic oxidation sites excluding steroid dienone is 5. The highest BCUT2D eigenvalue weighted by Crippen LogP contribution is 2.13. The molecule has 4 nitrogen and oxygen atoms in total. The van der Waals surface area contributed by atoms with Crippen molar-refractivity contribution in [1.29, 1.82) is 0 Å². The van der Waals surface area contributed by atoms with Crippen molar-refractivity contribution in [2.75, 3.05) is 13.3 Å². The van der Waals surface area contributed by atoms with Gasteiger partial charge in [0.15, 0.2) is 23.3 Å². The number of halogens is 5. The summed E-state index contributed by atoms with van der Waals surface area (Å²) in [6, 6.07) is 1.87. The zero-order chi connectivity index (χ0) is 23.8. The topological polar surface area (TPSA) is 53.5 Å². The van der Waals surface area contributed by atoms with Crippen molar-refractivity contribution in [3.05, 3.63) is 83.6 Å². The van der Waals surface area contributed by atoms with E-state index in [9.17, 15) is 26.7 Å². The fourth-order valence-corrected chi connectivity index (χ4v) is 2.14. The molecule has 0 saturated heterocycles. The van der Waals surface area contributed by atoms with Crippen LogP contribution in [-0.4, -0.2) is 26.0 Å². The van der Waals surface area contributed by atoms with Crippen LogP contribution in [0.2, 0.25) is 0 Å². The van der Waals surface area contributed by atoms with E-state index in [-0.39, 0.29) is 25.2 Å². The van der Waals surface area contributed by atoms with Gasteiger partial charge in [-0.15, -0.1) is 0 Å². The van der Waals surface area contributed by atoms with Gasteiger partial charge in [-0.2, -0.15) is 0 Å². The van der Waals surface area contributed by atoms with Gasteiger partial charge < -0.3 is 5.32 Å². The lowest BCUT2D eigenvalue weighted by molar-refractivity contribution is -0.115. The number of nitrogens with zero attached hydrogens (tertiary/aromatic N) is 1.